The molecule has 0 atom stereocenters. The maximum atomic E-state index is 12.5. The van der Waals surface area contributed by atoms with Gasteiger partial charge in [0.1, 0.15) is 0 Å². The first-order chi connectivity index (χ1) is 10.5. The van der Waals surface area contributed by atoms with Crippen LogP contribution in [0.2, 0.25) is 0 Å². The molecule has 0 aromatic heterocycles. The van der Waals surface area contributed by atoms with E-state index in [9.17, 15) is 4.57 Å². The second-order valence-corrected chi connectivity index (χ2v) is 9.44. The van der Waals surface area contributed by atoms with Crippen molar-refractivity contribution >= 4 is 21.6 Å². The fraction of sp³-hybridized carbons (Fsp3) is 0.571. The van der Waals surface area contributed by atoms with Gasteiger partial charge in [0.05, 0.1) is 19.4 Å². The van der Waals surface area contributed by atoms with Gasteiger partial charge < -0.3 is 22.3 Å². The quantitative estimate of drug-likeness (QED) is 0.478. The first-order valence-corrected chi connectivity index (χ1v) is 10.6. The average molecular weight is 348 g/mol. The lowest BCUT2D eigenvalue weighted by atomic mass is 10.2. The molecule has 0 N–H and O–H groups in total. The summed E-state index contributed by atoms with van der Waals surface area (Å²) in [6.45, 7) is 4.29. The Morgan fingerprint density at radius 2 is 1.36 bits per heavy atom. The summed E-state index contributed by atoms with van der Waals surface area (Å²) >= 11 is 0. The Bertz CT molecular complexity index is 470. The Labute approximate surface area is 133 Å². The van der Waals surface area contributed by atoms with E-state index in [-0.39, 0.29) is 6.16 Å². The highest BCUT2D eigenvalue weighted by molar-refractivity contribution is 7.53. The summed E-state index contributed by atoms with van der Waals surface area (Å²) in [7, 11) is -1.25. The highest BCUT2D eigenvalue weighted by atomic mass is 31.2. The molecule has 1 rings (SSSR count). The van der Waals surface area contributed by atoms with E-state index in [4.69, 9.17) is 22.3 Å². The van der Waals surface area contributed by atoms with Crippen LogP contribution >= 0.6 is 7.60 Å². The topological polar surface area (TPSA) is 63.2 Å². The van der Waals surface area contributed by atoms with Crippen LogP contribution in [0.15, 0.2) is 24.3 Å². The molecule has 0 saturated heterocycles. The average Bonchev–Trinajstić information content (AvgIpc) is 2.51. The monoisotopic (exact) mass is 348 g/mol. The summed E-state index contributed by atoms with van der Waals surface area (Å²) in [6.07, 6.45) is 0.233. The van der Waals surface area contributed by atoms with Gasteiger partial charge in [-0.1, -0.05) is 24.3 Å². The molecule has 1 aromatic rings. The zero-order chi connectivity index (χ0) is 16.6. The van der Waals surface area contributed by atoms with Gasteiger partial charge in [-0.15, -0.1) is 0 Å². The Kier molecular flexibility index (Phi) is 7.92. The SMILES string of the molecule is CCOP(=O)(Cc1ccc([Si](OC)(OC)OC)cc1)OCC. The molecule has 22 heavy (non-hydrogen) atoms. The lowest BCUT2D eigenvalue weighted by Gasteiger charge is -2.24. The summed E-state index contributed by atoms with van der Waals surface area (Å²) in [4.78, 5) is 0. The number of benzene rings is 1. The zero-order valence-corrected chi connectivity index (χ0v) is 15.7. The first-order valence-electron chi connectivity index (χ1n) is 7.12. The molecule has 126 valence electrons. The standard InChI is InChI=1S/C14H25O6PSi/c1-6-19-21(15,20-7-2)12-13-8-10-14(11-9-13)22(16-3,17-4)18-5/h8-11H,6-7,12H2,1-5H3. The summed E-state index contributed by atoms with van der Waals surface area (Å²) in [6, 6.07) is 7.44. The summed E-state index contributed by atoms with van der Waals surface area (Å²) < 4.78 is 39.4. The largest absolute Gasteiger partial charge is 0.536 e. The third kappa shape index (κ3) is 4.73. The van der Waals surface area contributed by atoms with Crippen molar-refractivity contribution in [2.75, 3.05) is 34.5 Å². The van der Waals surface area contributed by atoms with Gasteiger partial charge in [0.25, 0.3) is 0 Å². The summed E-state index contributed by atoms with van der Waals surface area (Å²) in [5, 5.41) is 0.839. The van der Waals surface area contributed by atoms with Gasteiger partial charge in [-0.25, -0.2) is 0 Å². The van der Waals surface area contributed by atoms with Crippen LogP contribution in [-0.2, 0) is 33.1 Å². The van der Waals surface area contributed by atoms with Crippen molar-refractivity contribution in [3.8, 4) is 0 Å². The Morgan fingerprint density at radius 1 is 0.909 bits per heavy atom. The highest BCUT2D eigenvalue weighted by Gasteiger charge is 2.40. The lowest BCUT2D eigenvalue weighted by Crippen LogP contribution is -2.54. The number of hydrogen-bond acceptors (Lipinski definition) is 6. The van der Waals surface area contributed by atoms with Crippen LogP contribution in [0, 0.1) is 0 Å². The van der Waals surface area contributed by atoms with Gasteiger partial charge >= 0.3 is 16.4 Å². The van der Waals surface area contributed by atoms with E-state index in [1.807, 2.05) is 24.3 Å². The predicted octanol–water partition coefficient (Wildman–Crippen LogP) is 2.54. The third-order valence-corrected chi connectivity index (χ3v) is 7.85. The smallest absolute Gasteiger partial charge is 0.373 e. The molecule has 0 aliphatic carbocycles. The normalized spacial score (nSPS) is 12.6. The van der Waals surface area contributed by atoms with Crippen molar-refractivity contribution in [2.24, 2.45) is 0 Å². The van der Waals surface area contributed by atoms with Crippen LogP contribution in [0.25, 0.3) is 0 Å². The predicted molar refractivity (Wildman–Crippen MR) is 87.4 cm³/mol. The van der Waals surface area contributed by atoms with Crippen LogP contribution in [0.4, 0.5) is 0 Å². The van der Waals surface area contributed by atoms with Gasteiger partial charge in [-0.2, -0.15) is 0 Å². The molecule has 0 radical (unpaired) electrons. The second kappa shape index (κ2) is 8.93. The second-order valence-electron chi connectivity index (χ2n) is 4.47. The lowest BCUT2D eigenvalue weighted by molar-refractivity contribution is 0.140. The van der Waals surface area contributed by atoms with Gasteiger partial charge in [0, 0.05) is 26.5 Å². The molecule has 0 heterocycles. The molecular formula is C14H25O6PSi. The van der Waals surface area contributed by atoms with Crippen molar-refractivity contribution in [3.63, 3.8) is 0 Å². The molecule has 0 spiro atoms. The number of hydrogen-bond donors (Lipinski definition) is 0. The van der Waals surface area contributed by atoms with Crippen molar-refractivity contribution < 1.29 is 26.9 Å². The van der Waals surface area contributed by atoms with E-state index in [1.54, 1.807) is 35.2 Å². The zero-order valence-electron chi connectivity index (χ0n) is 13.8. The van der Waals surface area contributed by atoms with E-state index < -0.39 is 16.4 Å². The van der Waals surface area contributed by atoms with Crippen LogP contribution in [-0.4, -0.2) is 43.3 Å². The minimum absolute atomic E-state index is 0.233. The van der Waals surface area contributed by atoms with Crippen molar-refractivity contribution in [2.45, 2.75) is 20.0 Å². The Morgan fingerprint density at radius 3 is 1.73 bits per heavy atom. The van der Waals surface area contributed by atoms with Crippen molar-refractivity contribution in [3.05, 3.63) is 29.8 Å². The van der Waals surface area contributed by atoms with E-state index >= 15 is 0 Å². The highest BCUT2D eigenvalue weighted by Crippen LogP contribution is 2.51. The molecule has 0 unspecified atom stereocenters. The van der Waals surface area contributed by atoms with Crippen LogP contribution < -0.4 is 5.19 Å². The number of rotatable bonds is 10. The molecule has 0 aliphatic rings. The first kappa shape index (κ1) is 19.5. The maximum Gasteiger partial charge on any atom is 0.536 e. The van der Waals surface area contributed by atoms with Crippen molar-refractivity contribution in [1.82, 2.24) is 0 Å². The minimum Gasteiger partial charge on any atom is -0.373 e. The van der Waals surface area contributed by atoms with Gasteiger partial charge in [0.15, 0.2) is 0 Å². The minimum atomic E-state index is -3.10. The third-order valence-electron chi connectivity index (χ3n) is 3.14. The van der Waals surface area contributed by atoms with E-state index in [0.29, 0.717) is 13.2 Å². The Hall–Kier alpha value is -0.533. The van der Waals surface area contributed by atoms with Crippen LogP contribution in [0.3, 0.4) is 0 Å². The Balaban J connectivity index is 2.95. The van der Waals surface area contributed by atoms with E-state index in [1.165, 1.54) is 0 Å². The molecule has 0 bridgehead atoms. The summed E-state index contributed by atoms with van der Waals surface area (Å²) in [5.74, 6) is 0. The summed E-state index contributed by atoms with van der Waals surface area (Å²) in [5.41, 5.74) is 0.861. The van der Waals surface area contributed by atoms with Gasteiger partial charge in [-0.05, 0) is 19.4 Å². The maximum absolute atomic E-state index is 12.5. The van der Waals surface area contributed by atoms with Crippen molar-refractivity contribution in [1.29, 1.82) is 0 Å². The molecule has 8 heteroatoms. The van der Waals surface area contributed by atoms with Gasteiger partial charge in [-0.3, -0.25) is 4.57 Å². The van der Waals surface area contributed by atoms with Crippen LogP contribution in [0.1, 0.15) is 19.4 Å². The van der Waals surface area contributed by atoms with E-state index in [0.717, 1.165) is 10.8 Å². The fourth-order valence-corrected chi connectivity index (χ4v) is 5.65. The molecule has 0 fully saturated rings. The van der Waals surface area contributed by atoms with E-state index in [2.05, 4.69) is 0 Å². The molecule has 0 aliphatic heterocycles. The van der Waals surface area contributed by atoms with Crippen LogP contribution in [0.5, 0.6) is 0 Å². The molecule has 6 nitrogen and oxygen atoms in total. The molecule has 0 saturated carbocycles. The van der Waals surface area contributed by atoms with Gasteiger partial charge in [0.2, 0.25) is 0 Å². The molecule has 1 aromatic carbocycles. The molecular weight excluding hydrogens is 323 g/mol. The molecule has 0 amide bonds. The fourth-order valence-electron chi connectivity index (χ4n) is 2.16.